The molecule has 88 valence electrons. The molecule has 1 aromatic carbocycles. The van der Waals surface area contributed by atoms with E-state index in [0.717, 1.165) is 5.01 Å². The third-order valence-corrected chi connectivity index (χ3v) is 2.27. The summed E-state index contributed by atoms with van der Waals surface area (Å²) in [5, 5.41) is 15.6. The molecule has 0 aliphatic carbocycles. The van der Waals surface area contributed by atoms with Crippen LogP contribution in [0.1, 0.15) is 6.42 Å². The van der Waals surface area contributed by atoms with Crippen molar-refractivity contribution in [3.8, 4) is 0 Å². The summed E-state index contributed by atoms with van der Waals surface area (Å²) in [6.07, 6.45) is 0.0686. The van der Waals surface area contributed by atoms with Crippen LogP contribution in [0.3, 0.4) is 0 Å². The largest absolute Gasteiger partial charge is 0.483 e. The fourth-order valence-electron chi connectivity index (χ4n) is 1.46. The van der Waals surface area contributed by atoms with Crippen molar-refractivity contribution in [1.82, 2.24) is 0 Å². The Hall–Kier alpha value is -2.44. The molecule has 0 saturated carbocycles. The fraction of sp³-hybridized carbons (Fsp3) is 0.200. The second kappa shape index (κ2) is 4.20. The predicted octanol–water partition coefficient (Wildman–Crippen LogP) is 1.29. The second-order valence-corrected chi connectivity index (χ2v) is 3.36. The maximum absolute atomic E-state index is 11.6. The van der Waals surface area contributed by atoms with Gasteiger partial charge in [0.25, 0.3) is 11.6 Å². The van der Waals surface area contributed by atoms with Gasteiger partial charge in [0.1, 0.15) is 6.42 Å². The minimum atomic E-state index is -0.523. The molecule has 7 heteroatoms. The van der Waals surface area contributed by atoms with Crippen LogP contribution in [0.15, 0.2) is 29.4 Å². The van der Waals surface area contributed by atoms with Crippen LogP contribution in [0.4, 0.5) is 11.4 Å². The van der Waals surface area contributed by atoms with Crippen molar-refractivity contribution in [3.63, 3.8) is 0 Å². The highest BCUT2D eigenvalue weighted by atomic mass is 16.6. The fourth-order valence-corrected chi connectivity index (χ4v) is 1.46. The van der Waals surface area contributed by atoms with Crippen molar-refractivity contribution in [3.05, 3.63) is 34.4 Å². The quantitative estimate of drug-likeness (QED) is 0.571. The normalized spacial score (nSPS) is 14.8. The highest BCUT2D eigenvalue weighted by Gasteiger charge is 2.26. The molecular formula is C10H9N3O4. The van der Waals surface area contributed by atoms with Gasteiger partial charge in [-0.25, -0.2) is 0 Å². The lowest BCUT2D eigenvalue weighted by atomic mass is 10.2. The number of nitro groups is 1. The minimum Gasteiger partial charge on any atom is -0.483 e. The Morgan fingerprint density at radius 2 is 2.29 bits per heavy atom. The summed E-state index contributed by atoms with van der Waals surface area (Å²) in [5.41, 5.74) is 0.271. The summed E-state index contributed by atoms with van der Waals surface area (Å²) in [6.45, 7) is 0. The Kier molecular flexibility index (Phi) is 2.73. The number of carbonyl (C=O) groups is 1. The number of nitrogens with zero attached hydrogens (tertiary/aromatic N) is 3. The van der Waals surface area contributed by atoms with Crippen molar-refractivity contribution >= 4 is 23.2 Å². The van der Waals surface area contributed by atoms with Crippen molar-refractivity contribution in [1.29, 1.82) is 0 Å². The third kappa shape index (κ3) is 2.07. The monoisotopic (exact) mass is 235 g/mol. The van der Waals surface area contributed by atoms with Crippen molar-refractivity contribution in [2.45, 2.75) is 6.42 Å². The van der Waals surface area contributed by atoms with Gasteiger partial charge in [-0.2, -0.15) is 5.01 Å². The molecule has 0 unspecified atom stereocenters. The van der Waals surface area contributed by atoms with E-state index in [4.69, 9.17) is 4.74 Å². The van der Waals surface area contributed by atoms with Crippen LogP contribution in [0.25, 0.3) is 0 Å². The zero-order valence-corrected chi connectivity index (χ0v) is 8.99. The van der Waals surface area contributed by atoms with Gasteiger partial charge in [0.2, 0.25) is 5.90 Å². The van der Waals surface area contributed by atoms with Gasteiger partial charge < -0.3 is 4.74 Å². The molecule has 1 aromatic rings. The molecule has 7 nitrogen and oxygen atoms in total. The van der Waals surface area contributed by atoms with Crippen LogP contribution in [0.5, 0.6) is 0 Å². The van der Waals surface area contributed by atoms with Crippen LogP contribution in [0, 0.1) is 10.1 Å². The van der Waals surface area contributed by atoms with Gasteiger partial charge in [-0.05, 0) is 6.07 Å². The molecule has 0 aromatic heterocycles. The number of carbonyl (C=O) groups excluding carboxylic acids is 1. The highest BCUT2D eigenvalue weighted by Crippen LogP contribution is 2.24. The van der Waals surface area contributed by atoms with Gasteiger partial charge >= 0.3 is 0 Å². The SMILES string of the molecule is COC1=NN(c2cccc([N+](=O)[O-])c2)C(=O)C1. The molecular weight excluding hydrogens is 226 g/mol. The van der Waals surface area contributed by atoms with Crippen LogP contribution >= 0.6 is 0 Å². The smallest absolute Gasteiger partial charge is 0.271 e. The molecule has 1 aliphatic rings. The Morgan fingerprint density at radius 3 is 2.88 bits per heavy atom. The Labute approximate surface area is 96.4 Å². The Bertz CT molecular complexity index is 512. The number of hydrazone groups is 1. The van der Waals surface area contributed by atoms with E-state index in [-0.39, 0.29) is 18.0 Å². The second-order valence-electron chi connectivity index (χ2n) is 3.36. The van der Waals surface area contributed by atoms with Gasteiger partial charge in [-0.3, -0.25) is 14.9 Å². The minimum absolute atomic E-state index is 0.0686. The van der Waals surface area contributed by atoms with Gasteiger partial charge in [0, 0.05) is 12.1 Å². The molecule has 1 heterocycles. The van der Waals surface area contributed by atoms with Crippen LogP contribution in [-0.2, 0) is 9.53 Å². The summed E-state index contributed by atoms with van der Waals surface area (Å²) in [4.78, 5) is 21.7. The maximum atomic E-state index is 11.6. The summed E-state index contributed by atoms with van der Waals surface area (Å²) in [6, 6.07) is 5.72. The van der Waals surface area contributed by atoms with E-state index < -0.39 is 4.92 Å². The van der Waals surface area contributed by atoms with E-state index in [1.807, 2.05) is 0 Å². The van der Waals surface area contributed by atoms with E-state index in [9.17, 15) is 14.9 Å². The molecule has 1 amide bonds. The van der Waals surface area contributed by atoms with Crippen molar-refractivity contribution < 1.29 is 14.5 Å². The zero-order valence-electron chi connectivity index (χ0n) is 8.99. The number of non-ortho nitro benzene ring substituents is 1. The van der Waals surface area contributed by atoms with Crippen LogP contribution in [0.2, 0.25) is 0 Å². The maximum Gasteiger partial charge on any atom is 0.271 e. The molecule has 0 bridgehead atoms. The van der Waals surface area contributed by atoms with Crippen LogP contribution < -0.4 is 5.01 Å². The lowest BCUT2D eigenvalue weighted by Gasteiger charge is -2.10. The number of hydrogen-bond acceptors (Lipinski definition) is 5. The standard InChI is InChI=1S/C10H9N3O4/c1-17-9-6-10(14)12(11-9)7-3-2-4-8(5-7)13(15)16/h2-5H,6H2,1H3. The summed E-state index contributed by atoms with van der Waals surface area (Å²) in [5.74, 6) is 0.0175. The summed E-state index contributed by atoms with van der Waals surface area (Å²) >= 11 is 0. The molecule has 0 N–H and O–H groups in total. The molecule has 1 aliphatic heterocycles. The first-order valence-corrected chi connectivity index (χ1v) is 4.80. The first kappa shape index (κ1) is 11.1. The molecule has 0 spiro atoms. The third-order valence-electron chi connectivity index (χ3n) is 2.27. The van der Waals surface area contributed by atoms with E-state index in [1.165, 1.54) is 25.3 Å². The summed E-state index contributed by atoms with van der Waals surface area (Å²) < 4.78 is 4.86. The van der Waals surface area contributed by atoms with Gasteiger partial charge in [-0.1, -0.05) is 6.07 Å². The molecule has 0 atom stereocenters. The van der Waals surface area contributed by atoms with Crippen LogP contribution in [-0.4, -0.2) is 23.8 Å². The van der Waals surface area contributed by atoms with E-state index in [1.54, 1.807) is 6.07 Å². The lowest BCUT2D eigenvalue weighted by Crippen LogP contribution is -2.19. The number of hydrogen-bond donors (Lipinski definition) is 0. The molecule has 17 heavy (non-hydrogen) atoms. The van der Waals surface area contributed by atoms with E-state index in [2.05, 4.69) is 5.10 Å². The predicted molar refractivity (Wildman–Crippen MR) is 59.6 cm³/mol. The van der Waals surface area contributed by atoms with Crippen molar-refractivity contribution in [2.75, 3.05) is 12.1 Å². The molecule has 2 rings (SSSR count). The number of nitro benzene ring substituents is 1. The zero-order chi connectivity index (χ0) is 12.4. The van der Waals surface area contributed by atoms with Crippen molar-refractivity contribution in [2.24, 2.45) is 5.10 Å². The number of methoxy groups -OCH3 is 1. The average molecular weight is 235 g/mol. The average Bonchev–Trinajstić information content (AvgIpc) is 2.71. The first-order chi connectivity index (χ1) is 8.11. The molecule has 0 radical (unpaired) electrons. The van der Waals surface area contributed by atoms with Gasteiger partial charge in [0.15, 0.2) is 0 Å². The number of anilines is 1. The number of ether oxygens (including phenoxy) is 1. The topological polar surface area (TPSA) is 85.0 Å². The Morgan fingerprint density at radius 1 is 1.53 bits per heavy atom. The highest BCUT2D eigenvalue weighted by molar-refractivity contribution is 6.10. The first-order valence-electron chi connectivity index (χ1n) is 4.80. The van der Waals surface area contributed by atoms with Gasteiger partial charge in [0.05, 0.1) is 17.7 Å². The number of benzene rings is 1. The lowest BCUT2D eigenvalue weighted by molar-refractivity contribution is -0.384. The number of amides is 1. The summed E-state index contributed by atoms with van der Waals surface area (Å²) in [7, 11) is 1.42. The van der Waals surface area contributed by atoms with E-state index >= 15 is 0 Å². The van der Waals surface area contributed by atoms with E-state index in [0.29, 0.717) is 11.6 Å². The molecule has 0 fully saturated rings. The molecule has 0 saturated heterocycles. The Balaban J connectivity index is 2.34. The number of rotatable bonds is 2. The van der Waals surface area contributed by atoms with Gasteiger partial charge in [-0.15, -0.1) is 5.10 Å².